The van der Waals surface area contributed by atoms with E-state index in [1.807, 2.05) is 7.05 Å². The normalized spacial score (nSPS) is 19.5. The third-order valence-electron chi connectivity index (χ3n) is 4.75. The summed E-state index contributed by atoms with van der Waals surface area (Å²) in [5.74, 6) is 2.47. The maximum absolute atomic E-state index is 6.18. The van der Waals surface area contributed by atoms with Gasteiger partial charge in [-0.2, -0.15) is 4.98 Å². The molecule has 0 aromatic carbocycles. The van der Waals surface area contributed by atoms with E-state index in [9.17, 15) is 0 Å². The number of anilines is 2. The van der Waals surface area contributed by atoms with E-state index in [1.165, 1.54) is 5.56 Å². The Morgan fingerprint density at radius 2 is 2.09 bits per heavy atom. The Labute approximate surface area is 136 Å². The molecule has 0 aliphatic heterocycles. The number of nitrogens with two attached hydrogens (primary N) is 2. The van der Waals surface area contributed by atoms with E-state index in [-0.39, 0.29) is 23.8 Å². The van der Waals surface area contributed by atoms with Crippen LogP contribution >= 0.6 is 12.4 Å². The molecule has 0 fully saturated rings. The van der Waals surface area contributed by atoms with Gasteiger partial charge in [0, 0.05) is 18.0 Å². The summed E-state index contributed by atoms with van der Waals surface area (Å²) in [6.07, 6.45) is 3.07. The molecule has 5 N–H and O–H groups in total. The second-order valence-electron chi connectivity index (χ2n) is 6.30. The van der Waals surface area contributed by atoms with Crippen molar-refractivity contribution in [2.45, 2.75) is 38.5 Å². The first-order valence-corrected chi connectivity index (χ1v) is 7.46. The number of nitrogens with zero attached hydrogens (tertiary/aromatic N) is 2. The summed E-state index contributed by atoms with van der Waals surface area (Å²) in [5, 5.41) is 3.04. The standard InChI is InChI=1S/C15H23N5O.ClH/c1-15(2)8(6-7-16)4-5-9-10-11(21-12(9)15)13(18-3)20-14(17)19-10;/h8H,4-7,16H2,1-3H3,(H3,17,18,19,20);1H. The van der Waals surface area contributed by atoms with Gasteiger partial charge >= 0.3 is 0 Å². The van der Waals surface area contributed by atoms with Gasteiger partial charge in [-0.1, -0.05) is 13.8 Å². The molecule has 7 heteroatoms. The number of aromatic nitrogens is 2. The minimum atomic E-state index is -0.0482. The van der Waals surface area contributed by atoms with Crippen LogP contribution < -0.4 is 16.8 Å². The zero-order chi connectivity index (χ0) is 15.2. The van der Waals surface area contributed by atoms with Crippen molar-refractivity contribution in [2.75, 3.05) is 24.6 Å². The number of aryl methyl sites for hydroxylation is 1. The first-order chi connectivity index (χ1) is 9.98. The van der Waals surface area contributed by atoms with Gasteiger partial charge in [0.2, 0.25) is 5.95 Å². The van der Waals surface area contributed by atoms with Gasteiger partial charge in [0.15, 0.2) is 11.4 Å². The van der Waals surface area contributed by atoms with E-state index >= 15 is 0 Å². The number of nitrogens with one attached hydrogen (secondary N) is 1. The number of halogens is 1. The lowest BCUT2D eigenvalue weighted by molar-refractivity contribution is 0.225. The first-order valence-electron chi connectivity index (χ1n) is 7.46. The van der Waals surface area contributed by atoms with E-state index in [0.29, 0.717) is 23.9 Å². The fraction of sp³-hybridized carbons (Fsp3) is 0.600. The second kappa shape index (κ2) is 5.93. The summed E-state index contributed by atoms with van der Waals surface area (Å²) in [6, 6.07) is 0. The van der Waals surface area contributed by atoms with Crippen LogP contribution in [0.15, 0.2) is 4.42 Å². The lowest BCUT2D eigenvalue weighted by Gasteiger charge is -2.37. The molecule has 22 heavy (non-hydrogen) atoms. The molecule has 0 saturated carbocycles. The average molecular weight is 326 g/mol. The number of fused-ring (bicyclic) bond motifs is 3. The Kier molecular flexibility index (Phi) is 4.54. The zero-order valence-electron chi connectivity index (χ0n) is 13.3. The average Bonchev–Trinajstić information content (AvgIpc) is 2.81. The molecule has 0 radical (unpaired) electrons. The Balaban J connectivity index is 0.00000176. The van der Waals surface area contributed by atoms with Crippen molar-refractivity contribution in [1.29, 1.82) is 0 Å². The number of nitrogen functional groups attached to an aromatic ring is 1. The summed E-state index contributed by atoms with van der Waals surface area (Å²) >= 11 is 0. The van der Waals surface area contributed by atoms with Crippen LogP contribution in [0.25, 0.3) is 11.1 Å². The third-order valence-corrected chi connectivity index (χ3v) is 4.75. The molecular formula is C15H24ClN5O. The number of hydrogen-bond acceptors (Lipinski definition) is 6. The van der Waals surface area contributed by atoms with Gasteiger partial charge in [0.1, 0.15) is 11.3 Å². The minimum Gasteiger partial charge on any atom is -0.455 e. The third kappa shape index (κ3) is 2.40. The summed E-state index contributed by atoms with van der Waals surface area (Å²) in [5.41, 5.74) is 14.3. The van der Waals surface area contributed by atoms with Crippen LogP contribution in [0.5, 0.6) is 0 Å². The molecule has 2 aromatic heterocycles. The van der Waals surface area contributed by atoms with Crippen molar-refractivity contribution in [3.8, 4) is 0 Å². The van der Waals surface area contributed by atoms with E-state index < -0.39 is 0 Å². The van der Waals surface area contributed by atoms with Crippen molar-refractivity contribution in [2.24, 2.45) is 11.7 Å². The van der Waals surface area contributed by atoms with Crippen LogP contribution in [-0.4, -0.2) is 23.6 Å². The number of hydrogen-bond donors (Lipinski definition) is 3. The number of furan rings is 1. The van der Waals surface area contributed by atoms with Gasteiger partial charge in [-0.15, -0.1) is 12.4 Å². The fourth-order valence-electron chi connectivity index (χ4n) is 3.53. The highest BCUT2D eigenvalue weighted by atomic mass is 35.5. The van der Waals surface area contributed by atoms with Crippen LogP contribution in [0.3, 0.4) is 0 Å². The Hall–Kier alpha value is -1.53. The molecule has 1 aliphatic rings. The van der Waals surface area contributed by atoms with Crippen molar-refractivity contribution in [3.63, 3.8) is 0 Å². The smallest absolute Gasteiger partial charge is 0.222 e. The maximum atomic E-state index is 6.18. The molecule has 1 unspecified atom stereocenters. The molecule has 1 aliphatic carbocycles. The molecule has 1 atom stereocenters. The van der Waals surface area contributed by atoms with Gasteiger partial charge in [-0.25, -0.2) is 4.98 Å². The molecule has 0 bridgehead atoms. The molecule has 0 amide bonds. The van der Waals surface area contributed by atoms with Gasteiger partial charge in [0.05, 0.1) is 0 Å². The van der Waals surface area contributed by atoms with Crippen molar-refractivity contribution in [3.05, 3.63) is 11.3 Å². The maximum Gasteiger partial charge on any atom is 0.222 e. The Bertz CT molecular complexity index is 682. The topological polar surface area (TPSA) is 103 Å². The van der Waals surface area contributed by atoms with Crippen molar-refractivity contribution < 1.29 is 4.42 Å². The van der Waals surface area contributed by atoms with Crippen molar-refractivity contribution >= 4 is 35.3 Å². The van der Waals surface area contributed by atoms with Crippen molar-refractivity contribution in [1.82, 2.24) is 9.97 Å². The summed E-state index contributed by atoms with van der Waals surface area (Å²) in [7, 11) is 1.81. The lowest BCUT2D eigenvalue weighted by Crippen LogP contribution is -2.34. The SMILES string of the molecule is CNc1nc(N)nc2c3c(oc12)C(C)(C)C(CCN)CC3.Cl. The quantitative estimate of drug-likeness (QED) is 0.801. The molecule has 6 nitrogen and oxygen atoms in total. The molecule has 122 valence electrons. The van der Waals surface area contributed by atoms with Crippen LogP contribution in [0.1, 0.15) is 38.0 Å². The highest BCUT2D eigenvalue weighted by molar-refractivity contribution is 5.88. The van der Waals surface area contributed by atoms with Crippen LogP contribution in [0.4, 0.5) is 11.8 Å². The molecule has 0 spiro atoms. The zero-order valence-corrected chi connectivity index (χ0v) is 14.1. The minimum absolute atomic E-state index is 0. The highest BCUT2D eigenvalue weighted by Gasteiger charge is 2.41. The molecule has 0 saturated heterocycles. The van der Waals surface area contributed by atoms with Crippen LogP contribution in [-0.2, 0) is 11.8 Å². The largest absolute Gasteiger partial charge is 0.455 e. The van der Waals surface area contributed by atoms with Gasteiger partial charge in [0.25, 0.3) is 0 Å². The molecule has 3 rings (SSSR count). The summed E-state index contributed by atoms with van der Waals surface area (Å²) in [6.45, 7) is 5.16. The highest BCUT2D eigenvalue weighted by Crippen LogP contribution is 2.46. The molecule has 2 heterocycles. The molecule has 2 aromatic rings. The van der Waals surface area contributed by atoms with Gasteiger partial charge < -0.3 is 21.2 Å². The van der Waals surface area contributed by atoms with Crippen LogP contribution in [0, 0.1) is 5.92 Å². The number of rotatable bonds is 3. The van der Waals surface area contributed by atoms with E-state index in [1.54, 1.807) is 0 Å². The van der Waals surface area contributed by atoms with E-state index in [2.05, 4.69) is 29.1 Å². The van der Waals surface area contributed by atoms with Gasteiger partial charge in [-0.05, 0) is 31.7 Å². The predicted molar refractivity (Wildman–Crippen MR) is 91.5 cm³/mol. The van der Waals surface area contributed by atoms with Gasteiger partial charge in [-0.3, -0.25) is 0 Å². The predicted octanol–water partition coefficient (Wildman–Crippen LogP) is 2.46. The monoisotopic (exact) mass is 325 g/mol. The second-order valence-corrected chi connectivity index (χ2v) is 6.30. The first kappa shape index (κ1) is 16.8. The lowest BCUT2D eigenvalue weighted by atomic mass is 9.67. The van der Waals surface area contributed by atoms with E-state index in [0.717, 1.165) is 30.5 Å². The van der Waals surface area contributed by atoms with Crippen LogP contribution in [0.2, 0.25) is 0 Å². The Morgan fingerprint density at radius 3 is 2.73 bits per heavy atom. The van der Waals surface area contributed by atoms with E-state index in [4.69, 9.17) is 15.9 Å². The summed E-state index contributed by atoms with van der Waals surface area (Å²) in [4.78, 5) is 8.61. The summed E-state index contributed by atoms with van der Waals surface area (Å²) < 4.78 is 6.18. The fourth-order valence-corrected chi connectivity index (χ4v) is 3.53. The Morgan fingerprint density at radius 1 is 1.36 bits per heavy atom. The molecular weight excluding hydrogens is 302 g/mol.